The van der Waals surface area contributed by atoms with Crippen LogP contribution in [0.1, 0.15) is 31.4 Å². The van der Waals surface area contributed by atoms with Crippen LogP contribution in [-0.2, 0) is 10.7 Å². The summed E-state index contributed by atoms with van der Waals surface area (Å²) in [7, 11) is 0. The largest absolute Gasteiger partial charge is 0.479 e. The van der Waals surface area contributed by atoms with Crippen LogP contribution in [0.15, 0.2) is 18.2 Å². The molecule has 0 amide bonds. The third-order valence-corrected chi connectivity index (χ3v) is 2.62. The number of benzene rings is 1. The normalized spacial score (nSPS) is 13.2. The van der Waals surface area contributed by atoms with Crippen molar-refractivity contribution >= 4 is 5.97 Å². The molecule has 0 spiro atoms. The molecule has 0 aliphatic heterocycles. The molecule has 0 saturated heterocycles. The van der Waals surface area contributed by atoms with E-state index in [4.69, 9.17) is 9.84 Å². The standard InChI is InChI=1S/C13H16F2O3/c1-4-13(14,15)10-7-8(2)5-6-11(10)18-9(3)12(16)17/h5-7,9H,4H2,1-3H3,(H,16,17)/t9-/m0/s1. The number of hydrogen-bond acceptors (Lipinski definition) is 2. The SMILES string of the molecule is CCC(F)(F)c1cc(C)ccc1O[C@@H](C)C(=O)O. The predicted octanol–water partition coefficient (Wildman–Crippen LogP) is 3.35. The van der Waals surface area contributed by atoms with E-state index in [9.17, 15) is 13.6 Å². The Bertz CT molecular complexity index is 444. The van der Waals surface area contributed by atoms with Crippen molar-refractivity contribution in [1.82, 2.24) is 0 Å². The number of aliphatic carboxylic acids is 1. The van der Waals surface area contributed by atoms with Crippen molar-refractivity contribution in [3.63, 3.8) is 0 Å². The van der Waals surface area contributed by atoms with E-state index in [0.717, 1.165) is 0 Å². The summed E-state index contributed by atoms with van der Waals surface area (Å²) < 4.78 is 32.6. The molecular weight excluding hydrogens is 242 g/mol. The Balaban J connectivity index is 3.15. The molecule has 1 rings (SSSR count). The number of rotatable bonds is 5. The summed E-state index contributed by atoms with van der Waals surface area (Å²) in [4.78, 5) is 10.7. The fraction of sp³-hybridized carbons (Fsp3) is 0.462. The van der Waals surface area contributed by atoms with Gasteiger partial charge in [0.05, 0.1) is 5.56 Å². The van der Waals surface area contributed by atoms with Gasteiger partial charge in [-0.3, -0.25) is 0 Å². The molecule has 0 aliphatic carbocycles. The zero-order chi connectivity index (χ0) is 13.9. The Morgan fingerprint density at radius 1 is 1.50 bits per heavy atom. The molecule has 0 fully saturated rings. The molecule has 0 aromatic heterocycles. The lowest BCUT2D eigenvalue weighted by atomic mass is 10.0. The number of ether oxygens (including phenoxy) is 1. The third kappa shape index (κ3) is 3.18. The fourth-order valence-corrected chi connectivity index (χ4v) is 1.46. The van der Waals surface area contributed by atoms with Crippen LogP contribution in [0.4, 0.5) is 8.78 Å². The molecule has 0 unspecified atom stereocenters. The summed E-state index contributed by atoms with van der Waals surface area (Å²) in [5.74, 6) is -4.30. The maximum atomic E-state index is 13.7. The van der Waals surface area contributed by atoms with Crippen molar-refractivity contribution in [1.29, 1.82) is 0 Å². The molecule has 1 atom stereocenters. The van der Waals surface area contributed by atoms with Gasteiger partial charge < -0.3 is 9.84 Å². The molecule has 3 nitrogen and oxygen atoms in total. The van der Waals surface area contributed by atoms with E-state index < -0.39 is 18.0 Å². The number of carbonyl (C=O) groups is 1. The molecule has 0 heterocycles. The van der Waals surface area contributed by atoms with E-state index in [1.54, 1.807) is 13.0 Å². The van der Waals surface area contributed by atoms with Crippen molar-refractivity contribution in [3.05, 3.63) is 29.3 Å². The average Bonchev–Trinajstić information content (AvgIpc) is 2.31. The molecule has 0 saturated carbocycles. The van der Waals surface area contributed by atoms with E-state index in [-0.39, 0.29) is 17.7 Å². The molecular formula is C13H16F2O3. The number of halogens is 2. The highest BCUT2D eigenvalue weighted by atomic mass is 19.3. The Kier molecular flexibility index (Phi) is 4.27. The monoisotopic (exact) mass is 258 g/mol. The number of aryl methyl sites for hydroxylation is 1. The fourth-order valence-electron chi connectivity index (χ4n) is 1.46. The van der Waals surface area contributed by atoms with E-state index >= 15 is 0 Å². The van der Waals surface area contributed by atoms with Crippen molar-refractivity contribution in [3.8, 4) is 5.75 Å². The van der Waals surface area contributed by atoms with Gasteiger partial charge in [-0.2, -0.15) is 0 Å². The van der Waals surface area contributed by atoms with E-state index in [1.807, 2.05) is 0 Å². The van der Waals surface area contributed by atoms with Crippen LogP contribution in [0.3, 0.4) is 0 Å². The van der Waals surface area contributed by atoms with Crippen molar-refractivity contribution in [2.45, 2.75) is 39.2 Å². The van der Waals surface area contributed by atoms with Gasteiger partial charge >= 0.3 is 5.97 Å². The molecule has 100 valence electrons. The van der Waals surface area contributed by atoms with Gasteiger partial charge in [0, 0.05) is 6.42 Å². The average molecular weight is 258 g/mol. The van der Waals surface area contributed by atoms with Gasteiger partial charge in [-0.05, 0) is 26.0 Å². The third-order valence-electron chi connectivity index (χ3n) is 2.62. The van der Waals surface area contributed by atoms with E-state index in [2.05, 4.69) is 0 Å². The quantitative estimate of drug-likeness (QED) is 0.881. The first-order valence-electron chi connectivity index (χ1n) is 5.66. The van der Waals surface area contributed by atoms with E-state index in [0.29, 0.717) is 5.56 Å². The first-order valence-corrected chi connectivity index (χ1v) is 5.66. The summed E-state index contributed by atoms with van der Waals surface area (Å²) in [6.45, 7) is 4.36. The highest BCUT2D eigenvalue weighted by Crippen LogP contribution is 2.38. The number of alkyl halides is 2. The zero-order valence-corrected chi connectivity index (χ0v) is 10.5. The lowest BCUT2D eigenvalue weighted by molar-refractivity contribution is -0.144. The van der Waals surface area contributed by atoms with Crippen molar-refractivity contribution in [2.24, 2.45) is 0 Å². The van der Waals surface area contributed by atoms with Gasteiger partial charge in [0.2, 0.25) is 0 Å². The number of hydrogen-bond donors (Lipinski definition) is 1. The van der Waals surface area contributed by atoms with Gasteiger partial charge in [0.25, 0.3) is 5.92 Å². The Morgan fingerprint density at radius 2 is 2.11 bits per heavy atom. The van der Waals surface area contributed by atoms with Crippen LogP contribution in [0, 0.1) is 6.92 Å². The minimum absolute atomic E-state index is 0.0812. The Labute approximate surface area is 104 Å². The van der Waals surface area contributed by atoms with E-state index in [1.165, 1.54) is 26.0 Å². The Morgan fingerprint density at radius 3 is 2.61 bits per heavy atom. The first kappa shape index (κ1) is 14.4. The maximum Gasteiger partial charge on any atom is 0.344 e. The summed E-state index contributed by atoms with van der Waals surface area (Å²) in [6.07, 6.45) is -1.53. The number of carboxylic acids is 1. The minimum Gasteiger partial charge on any atom is -0.479 e. The first-order chi connectivity index (χ1) is 8.27. The van der Waals surface area contributed by atoms with Gasteiger partial charge in [-0.1, -0.05) is 18.6 Å². The second-order valence-electron chi connectivity index (χ2n) is 4.16. The van der Waals surface area contributed by atoms with Gasteiger partial charge in [-0.15, -0.1) is 0 Å². The van der Waals surface area contributed by atoms with Crippen molar-refractivity contribution in [2.75, 3.05) is 0 Å². The van der Waals surface area contributed by atoms with Gasteiger partial charge in [0.1, 0.15) is 5.75 Å². The zero-order valence-electron chi connectivity index (χ0n) is 10.5. The molecule has 0 aliphatic rings. The smallest absolute Gasteiger partial charge is 0.344 e. The second-order valence-corrected chi connectivity index (χ2v) is 4.16. The van der Waals surface area contributed by atoms with Crippen LogP contribution >= 0.6 is 0 Å². The minimum atomic E-state index is -3.03. The Hall–Kier alpha value is -1.65. The van der Waals surface area contributed by atoms with Crippen LogP contribution in [-0.4, -0.2) is 17.2 Å². The molecule has 0 radical (unpaired) electrons. The molecule has 1 N–H and O–H groups in total. The van der Waals surface area contributed by atoms with Crippen LogP contribution in [0.5, 0.6) is 5.75 Å². The van der Waals surface area contributed by atoms with Crippen molar-refractivity contribution < 1.29 is 23.4 Å². The maximum absolute atomic E-state index is 13.7. The summed E-state index contributed by atoms with van der Waals surface area (Å²) in [5, 5.41) is 8.74. The molecule has 0 bridgehead atoms. The van der Waals surface area contributed by atoms with Gasteiger partial charge in [-0.25, -0.2) is 13.6 Å². The molecule has 5 heteroatoms. The van der Waals surface area contributed by atoms with Crippen LogP contribution in [0.25, 0.3) is 0 Å². The summed E-state index contributed by atoms with van der Waals surface area (Å²) in [6, 6.07) is 4.32. The number of carboxylic acid groups (broad SMARTS) is 1. The topological polar surface area (TPSA) is 46.5 Å². The molecule has 1 aromatic carbocycles. The highest BCUT2D eigenvalue weighted by molar-refractivity contribution is 5.72. The van der Waals surface area contributed by atoms with Crippen LogP contribution in [0.2, 0.25) is 0 Å². The predicted molar refractivity (Wildman–Crippen MR) is 63.1 cm³/mol. The lowest BCUT2D eigenvalue weighted by Gasteiger charge is -2.20. The second kappa shape index (κ2) is 5.33. The summed E-state index contributed by atoms with van der Waals surface area (Å²) in [5.41, 5.74) is 0.409. The molecule has 1 aromatic rings. The summed E-state index contributed by atoms with van der Waals surface area (Å²) >= 11 is 0. The lowest BCUT2D eigenvalue weighted by Crippen LogP contribution is -2.25. The van der Waals surface area contributed by atoms with Crippen LogP contribution < -0.4 is 4.74 Å². The van der Waals surface area contributed by atoms with Gasteiger partial charge in [0.15, 0.2) is 6.10 Å². The highest BCUT2D eigenvalue weighted by Gasteiger charge is 2.33. The molecule has 18 heavy (non-hydrogen) atoms.